The van der Waals surface area contributed by atoms with Crippen LogP contribution in [0.1, 0.15) is 35.7 Å². The zero-order valence-electron chi connectivity index (χ0n) is 15.5. The normalized spacial score (nSPS) is 13.5. The molecular formula is C21H26N2O3. The number of anilines is 1. The molecule has 26 heavy (non-hydrogen) atoms. The molecule has 138 valence electrons. The molecule has 1 heterocycles. The Morgan fingerprint density at radius 1 is 1.08 bits per heavy atom. The molecule has 0 spiro atoms. The fourth-order valence-electron chi connectivity index (χ4n) is 3.17. The summed E-state index contributed by atoms with van der Waals surface area (Å²) >= 11 is 0. The highest BCUT2D eigenvalue weighted by molar-refractivity contribution is 5.94. The second kappa shape index (κ2) is 8.61. The van der Waals surface area contributed by atoms with E-state index in [1.807, 2.05) is 6.92 Å². The number of rotatable bonds is 7. The van der Waals surface area contributed by atoms with Crippen LogP contribution >= 0.6 is 0 Å². The van der Waals surface area contributed by atoms with Gasteiger partial charge in [0, 0.05) is 30.9 Å². The quantitative estimate of drug-likeness (QED) is 0.825. The highest BCUT2D eigenvalue weighted by Crippen LogP contribution is 2.28. The number of methoxy groups -OCH3 is 1. The summed E-state index contributed by atoms with van der Waals surface area (Å²) < 4.78 is 10.8. The molecule has 1 aliphatic rings. The van der Waals surface area contributed by atoms with Crippen molar-refractivity contribution in [2.24, 2.45) is 0 Å². The Morgan fingerprint density at radius 3 is 2.46 bits per heavy atom. The molecule has 0 saturated carbocycles. The lowest BCUT2D eigenvalue weighted by Crippen LogP contribution is -2.23. The summed E-state index contributed by atoms with van der Waals surface area (Å²) in [5.74, 6) is 1.08. The van der Waals surface area contributed by atoms with Crippen molar-refractivity contribution in [2.75, 3.05) is 31.7 Å². The zero-order chi connectivity index (χ0) is 18.4. The average molecular weight is 354 g/mol. The van der Waals surface area contributed by atoms with Crippen LogP contribution in [0.25, 0.3) is 0 Å². The van der Waals surface area contributed by atoms with Gasteiger partial charge in [0.25, 0.3) is 5.91 Å². The first-order valence-electron chi connectivity index (χ1n) is 9.14. The predicted molar refractivity (Wildman–Crippen MR) is 103 cm³/mol. The van der Waals surface area contributed by atoms with E-state index in [2.05, 4.69) is 34.5 Å². The summed E-state index contributed by atoms with van der Waals surface area (Å²) in [6.45, 7) is 5.23. The van der Waals surface area contributed by atoms with Crippen LogP contribution in [0.15, 0.2) is 42.5 Å². The predicted octanol–water partition coefficient (Wildman–Crippen LogP) is 3.62. The van der Waals surface area contributed by atoms with Crippen LogP contribution in [-0.2, 0) is 6.54 Å². The third-order valence-corrected chi connectivity index (χ3v) is 4.59. The highest BCUT2D eigenvalue weighted by atomic mass is 16.5. The van der Waals surface area contributed by atoms with Crippen molar-refractivity contribution in [1.29, 1.82) is 0 Å². The lowest BCUT2D eigenvalue weighted by molar-refractivity contribution is 0.0950. The van der Waals surface area contributed by atoms with Crippen LogP contribution in [0.3, 0.4) is 0 Å². The molecule has 5 heteroatoms. The van der Waals surface area contributed by atoms with Crippen molar-refractivity contribution in [1.82, 2.24) is 5.32 Å². The summed E-state index contributed by atoms with van der Waals surface area (Å²) in [6.07, 6.45) is 2.53. The maximum absolute atomic E-state index is 12.4. The summed E-state index contributed by atoms with van der Waals surface area (Å²) in [5.41, 5.74) is 2.90. The number of hydrogen-bond acceptors (Lipinski definition) is 4. The first kappa shape index (κ1) is 18.1. The highest BCUT2D eigenvalue weighted by Gasteiger charge is 2.13. The summed E-state index contributed by atoms with van der Waals surface area (Å²) in [7, 11) is 1.57. The van der Waals surface area contributed by atoms with Crippen LogP contribution in [0.2, 0.25) is 0 Å². The minimum Gasteiger partial charge on any atom is -0.493 e. The monoisotopic (exact) mass is 354 g/mol. The molecule has 0 bridgehead atoms. The molecule has 1 aliphatic heterocycles. The van der Waals surface area contributed by atoms with Crippen molar-refractivity contribution in [3.8, 4) is 11.5 Å². The Kier molecular flexibility index (Phi) is 6.00. The Morgan fingerprint density at radius 2 is 1.81 bits per heavy atom. The number of ether oxygens (including phenoxy) is 2. The molecule has 1 saturated heterocycles. The maximum atomic E-state index is 12.4. The van der Waals surface area contributed by atoms with Gasteiger partial charge in [-0.2, -0.15) is 0 Å². The van der Waals surface area contributed by atoms with E-state index in [-0.39, 0.29) is 5.91 Å². The molecule has 2 aromatic rings. The number of carbonyl (C=O) groups excluding carboxylic acids is 1. The number of nitrogens with one attached hydrogen (secondary N) is 1. The Labute approximate surface area is 154 Å². The van der Waals surface area contributed by atoms with E-state index < -0.39 is 0 Å². The minimum absolute atomic E-state index is 0.130. The molecule has 1 amide bonds. The molecule has 0 aromatic heterocycles. The van der Waals surface area contributed by atoms with Gasteiger partial charge in [0.05, 0.1) is 13.7 Å². The number of nitrogens with zero attached hydrogens (tertiary/aromatic N) is 1. The molecule has 3 rings (SSSR count). The summed E-state index contributed by atoms with van der Waals surface area (Å²) in [5, 5.41) is 2.96. The Balaban J connectivity index is 1.59. The van der Waals surface area contributed by atoms with Crippen LogP contribution in [0.5, 0.6) is 11.5 Å². The SMILES string of the molecule is CCOc1ccc(C(=O)NCc2ccc(N3CCCC3)cc2)cc1OC. The molecule has 0 atom stereocenters. The van der Waals surface area contributed by atoms with Crippen LogP contribution in [-0.4, -0.2) is 32.7 Å². The Bertz CT molecular complexity index is 737. The van der Waals surface area contributed by atoms with Gasteiger partial charge in [-0.3, -0.25) is 4.79 Å². The van der Waals surface area contributed by atoms with E-state index >= 15 is 0 Å². The molecule has 0 aliphatic carbocycles. The molecule has 0 radical (unpaired) electrons. The zero-order valence-corrected chi connectivity index (χ0v) is 15.5. The van der Waals surface area contributed by atoms with Crippen LogP contribution in [0.4, 0.5) is 5.69 Å². The van der Waals surface area contributed by atoms with E-state index in [9.17, 15) is 4.79 Å². The van der Waals surface area contributed by atoms with E-state index in [0.29, 0.717) is 30.2 Å². The van der Waals surface area contributed by atoms with Gasteiger partial charge >= 0.3 is 0 Å². The van der Waals surface area contributed by atoms with Gasteiger partial charge < -0.3 is 19.7 Å². The lowest BCUT2D eigenvalue weighted by Gasteiger charge is -2.17. The number of hydrogen-bond donors (Lipinski definition) is 1. The first-order chi connectivity index (χ1) is 12.7. The third-order valence-electron chi connectivity index (χ3n) is 4.59. The molecule has 5 nitrogen and oxygen atoms in total. The van der Waals surface area contributed by atoms with Gasteiger partial charge in [-0.1, -0.05) is 12.1 Å². The number of carbonyl (C=O) groups is 1. The van der Waals surface area contributed by atoms with Crippen molar-refractivity contribution in [2.45, 2.75) is 26.3 Å². The van der Waals surface area contributed by atoms with Gasteiger partial charge in [-0.15, -0.1) is 0 Å². The largest absolute Gasteiger partial charge is 0.493 e. The van der Waals surface area contributed by atoms with Gasteiger partial charge in [0.15, 0.2) is 11.5 Å². The third kappa shape index (κ3) is 4.28. The fourth-order valence-corrected chi connectivity index (χ4v) is 3.17. The average Bonchev–Trinajstić information content (AvgIpc) is 3.22. The molecule has 1 N–H and O–H groups in total. The van der Waals surface area contributed by atoms with Gasteiger partial charge in [-0.25, -0.2) is 0 Å². The maximum Gasteiger partial charge on any atom is 0.251 e. The van der Waals surface area contributed by atoms with Gasteiger partial charge in [0.1, 0.15) is 0 Å². The van der Waals surface area contributed by atoms with Crippen molar-refractivity contribution >= 4 is 11.6 Å². The van der Waals surface area contributed by atoms with Crippen molar-refractivity contribution in [3.05, 3.63) is 53.6 Å². The van der Waals surface area contributed by atoms with E-state index in [0.717, 1.165) is 18.7 Å². The lowest BCUT2D eigenvalue weighted by atomic mass is 10.1. The van der Waals surface area contributed by atoms with Crippen molar-refractivity contribution < 1.29 is 14.3 Å². The van der Waals surface area contributed by atoms with E-state index in [1.165, 1.54) is 18.5 Å². The molecule has 2 aromatic carbocycles. The molecular weight excluding hydrogens is 328 g/mol. The van der Waals surface area contributed by atoms with Crippen LogP contribution < -0.4 is 19.7 Å². The second-order valence-corrected chi connectivity index (χ2v) is 6.34. The first-order valence-corrected chi connectivity index (χ1v) is 9.14. The van der Waals surface area contributed by atoms with Gasteiger partial charge in [0.2, 0.25) is 0 Å². The van der Waals surface area contributed by atoms with E-state index in [4.69, 9.17) is 9.47 Å². The van der Waals surface area contributed by atoms with Crippen molar-refractivity contribution in [3.63, 3.8) is 0 Å². The fraction of sp³-hybridized carbons (Fsp3) is 0.381. The standard InChI is InChI=1S/C21H26N2O3/c1-3-26-19-11-8-17(14-20(19)25-2)21(24)22-15-16-6-9-18(10-7-16)23-12-4-5-13-23/h6-11,14H,3-5,12-13,15H2,1-2H3,(H,22,24). The molecule has 1 fully saturated rings. The second-order valence-electron chi connectivity index (χ2n) is 6.34. The smallest absolute Gasteiger partial charge is 0.251 e. The topological polar surface area (TPSA) is 50.8 Å². The Hall–Kier alpha value is -2.69. The van der Waals surface area contributed by atoms with Crippen LogP contribution in [0, 0.1) is 0 Å². The number of amides is 1. The van der Waals surface area contributed by atoms with E-state index in [1.54, 1.807) is 25.3 Å². The summed E-state index contributed by atoms with van der Waals surface area (Å²) in [4.78, 5) is 14.8. The number of benzene rings is 2. The van der Waals surface area contributed by atoms with Gasteiger partial charge in [-0.05, 0) is 55.7 Å². The minimum atomic E-state index is -0.130. The summed E-state index contributed by atoms with van der Waals surface area (Å²) in [6, 6.07) is 13.6. The molecule has 0 unspecified atom stereocenters.